The molecule has 0 aliphatic carbocycles. The van der Waals surface area contributed by atoms with Gasteiger partial charge in [0, 0.05) is 29.9 Å². The number of nitrogens with zero attached hydrogens (tertiary/aromatic N) is 1. The highest BCUT2D eigenvalue weighted by Gasteiger charge is 2.22. The third kappa shape index (κ3) is 3.66. The molecule has 0 fully saturated rings. The van der Waals surface area contributed by atoms with Gasteiger partial charge >= 0.3 is 6.03 Å². The van der Waals surface area contributed by atoms with Gasteiger partial charge in [-0.2, -0.15) is 0 Å². The number of methoxy groups -OCH3 is 1. The molecule has 1 atom stereocenters. The summed E-state index contributed by atoms with van der Waals surface area (Å²) in [5, 5.41) is 3.72. The number of rotatable bonds is 4. The largest absolute Gasteiger partial charge is 0.496 e. The number of ether oxygens (including phenoxy) is 1. The molecule has 0 aliphatic heterocycles. The molecule has 2 N–H and O–H groups in total. The van der Waals surface area contributed by atoms with Crippen LogP contribution in [-0.2, 0) is 0 Å². The Morgan fingerprint density at radius 3 is 2.75 bits per heavy atom. The second kappa shape index (κ2) is 7.90. The van der Waals surface area contributed by atoms with Crippen molar-refractivity contribution in [3.63, 3.8) is 0 Å². The third-order valence-electron chi connectivity index (χ3n) is 4.66. The first-order valence-electron chi connectivity index (χ1n) is 8.50. The molecule has 146 valence electrons. The summed E-state index contributed by atoms with van der Waals surface area (Å²) >= 11 is 5.76. The van der Waals surface area contributed by atoms with Gasteiger partial charge in [-0.25, -0.2) is 9.18 Å². The number of urea groups is 1. The summed E-state index contributed by atoms with van der Waals surface area (Å²) in [5.74, 6) is -0.0160. The fourth-order valence-electron chi connectivity index (χ4n) is 2.98. The minimum Gasteiger partial charge on any atom is -0.496 e. The lowest BCUT2D eigenvalue weighted by molar-refractivity contribution is 0.208. The minimum absolute atomic E-state index is 0.0788. The number of carbonyl (C=O) groups excluding carboxylic acids is 1. The van der Waals surface area contributed by atoms with E-state index in [9.17, 15) is 14.0 Å². The van der Waals surface area contributed by atoms with Gasteiger partial charge < -0.3 is 19.9 Å². The summed E-state index contributed by atoms with van der Waals surface area (Å²) in [4.78, 5) is 29.0. The van der Waals surface area contributed by atoms with E-state index in [0.29, 0.717) is 22.2 Å². The first kappa shape index (κ1) is 19.7. The lowest BCUT2D eigenvalue weighted by atomic mass is 10.0. The van der Waals surface area contributed by atoms with Crippen LogP contribution in [-0.4, -0.2) is 30.1 Å². The molecule has 0 saturated carbocycles. The van der Waals surface area contributed by atoms with Gasteiger partial charge in [0.1, 0.15) is 11.6 Å². The highest BCUT2D eigenvalue weighted by molar-refractivity contribution is 6.31. The molecule has 1 heterocycles. The molecule has 6 nitrogen and oxygen atoms in total. The van der Waals surface area contributed by atoms with Crippen LogP contribution in [0.5, 0.6) is 5.75 Å². The summed E-state index contributed by atoms with van der Waals surface area (Å²) in [7, 11) is 3.15. The SMILES string of the molecule is COc1cccc2c(=O)[nH]cc([C@H](C)N(C)C(=O)Nc3ccc(F)c(Cl)c3)c12. The van der Waals surface area contributed by atoms with E-state index in [-0.39, 0.29) is 10.6 Å². The smallest absolute Gasteiger partial charge is 0.322 e. The number of fused-ring (bicyclic) bond motifs is 1. The maximum atomic E-state index is 13.3. The number of hydrogen-bond donors (Lipinski definition) is 2. The van der Waals surface area contributed by atoms with Gasteiger partial charge in [0.2, 0.25) is 0 Å². The Morgan fingerprint density at radius 2 is 2.07 bits per heavy atom. The van der Waals surface area contributed by atoms with Crippen LogP contribution in [0.1, 0.15) is 18.5 Å². The zero-order valence-corrected chi connectivity index (χ0v) is 16.3. The molecule has 2 aromatic carbocycles. The number of pyridine rings is 1. The van der Waals surface area contributed by atoms with E-state index >= 15 is 0 Å². The van der Waals surface area contributed by atoms with Crippen molar-refractivity contribution in [3.8, 4) is 5.75 Å². The van der Waals surface area contributed by atoms with Crippen LogP contribution in [0.3, 0.4) is 0 Å². The van der Waals surface area contributed by atoms with Crippen molar-refractivity contribution in [1.29, 1.82) is 0 Å². The van der Waals surface area contributed by atoms with E-state index in [1.807, 2.05) is 6.92 Å². The zero-order valence-electron chi connectivity index (χ0n) is 15.5. The average molecular weight is 404 g/mol. The predicted molar refractivity (Wildman–Crippen MR) is 108 cm³/mol. The summed E-state index contributed by atoms with van der Waals surface area (Å²) in [6, 6.07) is 8.34. The number of carbonyl (C=O) groups is 1. The molecule has 2 amide bonds. The Balaban J connectivity index is 1.93. The van der Waals surface area contributed by atoms with Gasteiger partial charge in [-0.05, 0) is 37.3 Å². The number of aromatic amines is 1. The fourth-order valence-corrected chi connectivity index (χ4v) is 3.16. The van der Waals surface area contributed by atoms with Gasteiger partial charge in [-0.15, -0.1) is 0 Å². The van der Waals surface area contributed by atoms with Crippen LogP contribution in [0.2, 0.25) is 5.02 Å². The number of nitrogens with one attached hydrogen (secondary N) is 2. The van der Waals surface area contributed by atoms with Gasteiger partial charge in [0.25, 0.3) is 5.56 Å². The third-order valence-corrected chi connectivity index (χ3v) is 4.95. The summed E-state index contributed by atoms with van der Waals surface area (Å²) in [6.07, 6.45) is 1.58. The van der Waals surface area contributed by atoms with Crippen LogP contribution >= 0.6 is 11.6 Å². The molecule has 0 unspecified atom stereocenters. The quantitative estimate of drug-likeness (QED) is 0.670. The Kier molecular flexibility index (Phi) is 5.56. The van der Waals surface area contributed by atoms with Crippen LogP contribution in [0.25, 0.3) is 10.8 Å². The highest BCUT2D eigenvalue weighted by atomic mass is 35.5. The van der Waals surface area contributed by atoms with Crippen LogP contribution in [0, 0.1) is 5.82 Å². The number of aromatic nitrogens is 1. The van der Waals surface area contributed by atoms with Gasteiger partial charge in [0.15, 0.2) is 0 Å². The first-order valence-corrected chi connectivity index (χ1v) is 8.88. The molecule has 3 aromatic rings. The molecule has 0 bridgehead atoms. The van der Waals surface area contributed by atoms with Crippen molar-refractivity contribution in [2.45, 2.75) is 13.0 Å². The van der Waals surface area contributed by atoms with Crippen LogP contribution in [0.15, 0.2) is 47.4 Å². The topological polar surface area (TPSA) is 74.4 Å². The van der Waals surface area contributed by atoms with Crippen molar-refractivity contribution < 1.29 is 13.9 Å². The summed E-state index contributed by atoms with van der Waals surface area (Å²) < 4.78 is 18.7. The van der Waals surface area contributed by atoms with E-state index in [1.54, 1.807) is 31.4 Å². The molecule has 8 heteroatoms. The lowest BCUT2D eigenvalue weighted by Gasteiger charge is -2.27. The lowest BCUT2D eigenvalue weighted by Crippen LogP contribution is -2.34. The number of halogens is 2. The van der Waals surface area contributed by atoms with Crippen LogP contribution in [0.4, 0.5) is 14.9 Å². The zero-order chi connectivity index (χ0) is 20.4. The van der Waals surface area contributed by atoms with Gasteiger partial charge in [0.05, 0.1) is 23.6 Å². The average Bonchev–Trinajstić information content (AvgIpc) is 2.69. The van der Waals surface area contributed by atoms with Crippen LogP contribution < -0.4 is 15.6 Å². The molecule has 28 heavy (non-hydrogen) atoms. The Morgan fingerprint density at radius 1 is 1.32 bits per heavy atom. The molecule has 0 radical (unpaired) electrons. The number of anilines is 1. The van der Waals surface area contributed by atoms with Crippen molar-refractivity contribution in [1.82, 2.24) is 9.88 Å². The second-order valence-electron chi connectivity index (χ2n) is 6.30. The molecular formula is C20H19ClFN3O3. The number of H-pyrrole nitrogens is 1. The Labute approximate surface area is 165 Å². The van der Waals surface area contributed by atoms with Crippen molar-refractivity contribution in [2.75, 3.05) is 19.5 Å². The minimum atomic E-state index is -0.562. The fraction of sp³-hybridized carbons (Fsp3) is 0.200. The molecule has 3 rings (SSSR count). The molecule has 0 saturated heterocycles. The Hall–Kier alpha value is -3.06. The van der Waals surface area contributed by atoms with E-state index in [1.165, 1.54) is 30.2 Å². The summed E-state index contributed by atoms with van der Waals surface area (Å²) in [5.41, 5.74) is 0.860. The second-order valence-corrected chi connectivity index (χ2v) is 6.71. The maximum absolute atomic E-state index is 13.3. The number of benzene rings is 2. The number of amides is 2. The van der Waals surface area contributed by atoms with E-state index in [0.717, 1.165) is 5.56 Å². The number of hydrogen-bond acceptors (Lipinski definition) is 3. The van der Waals surface area contributed by atoms with E-state index < -0.39 is 17.9 Å². The van der Waals surface area contributed by atoms with Crippen molar-refractivity contribution in [2.24, 2.45) is 0 Å². The van der Waals surface area contributed by atoms with Gasteiger partial charge in [-0.1, -0.05) is 17.7 Å². The molecular weight excluding hydrogens is 385 g/mol. The van der Waals surface area contributed by atoms with E-state index in [4.69, 9.17) is 16.3 Å². The Bertz CT molecular complexity index is 1100. The molecule has 0 aliphatic rings. The molecule has 0 spiro atoms. The molecule has 1 aromatic heterocycles. The monoisotopic (exact) mass is 403 g/mol. The van der Waals surface area contributed by atoms with E-state index in [2.05, 4.69) is 10.3 Å². The standard InChI is InChI=1S/C20H19ClFN3O3/c1-11(25(2)20(27)24-12-7-8-16(22)15(21)9-12)14-10-23-19(26)13-5-4-6-17(28-3)18(13)14/h4-11H,1-3H3,(H,23,26)(H,24,27)/t11-/m0/s1. The van der Waals surface area contributed by atoms with Crippen molar-refractivity contribution >= 4 is 34.1 Å². The van der Waals surface area contributed by atoms with Gasteiger partial charge in [-0.3, -0.25) is 4.79 Å². The normalized spacial score (nSPS) is 11.9. The highest BCUT2D eigenvalue weighted by Crippen LogP contribution is 2.32. The maximum Gasteiger partial charge on any atom is 0.322 e. The summed E-state index contributed by atoms with van der Waals surface area (Å²) in [6.45, 7) is 1.83. The predicted octanol–water partition coefficient (Wildman–Crippen LogP) is 4.55. The first-order chi connectivity index (χ1) is 13.3. The van der Waals surface area contributed by atoms with Crippen molar-refractivity contribution in [3.05, 3.63) is 69.4 Å².